The number of benzene rings is 2. The molecule has 2 aromatic carbocycles. The van der Waals surface area contributed by atoms with E-state index in [1.807, 2.05) is 37.3 Å². The molecule has 0 atom stereocenters. The number of hydrogen-bond donors (Lipinski definition) is 1. The monoisotopic (exact) mass is 384 g/mol. The standard InChI is InChI=1S/C24H24N4O/c1-4-18-7-5-6-8-21(18)26-22(29)15-28-24-23(17(3)27-28)20(13-14-25-24)19-11-9-16(2)10-12-19/h5-14H,4,15H2,1-3H3,(H,26,29). The van der Waals surface area contributed by atoms with Crippen LogP contribution in [0.3, 0.4) is 0 Å². The molecule has 2 heterocycles. The molecule has 0 fully saturated rings. The van der Waals surface area contributed by atoms with Gasteiger partial charge in [0.15, 0.2) is 5.65 Å². The Kier molecular flexibility index (Phi) is 5.12. The van der Waals surface area contributed by atoms with Crippen LogP contribution in [0.4, 0.5) is 5.69 Å². The third-order valence-corrected chi connectivity index (χ3v) is 5.14. The maximum atomic E-state index is 12.7. The molecule has 5 heteroatoms. The summed E-state index contributed by atoms with van der Waals surface area (Å²) in [5.74, 6) is -0.113. The Morgan fingerprint density at radius 1 is 1.03 bits per heavy atom. The van der Waals surface area contributed by atoms with Gasteiger partial charge in [-0.1, -0.05) is 55.0 Å². The molecule has 0 radical (unpaired) electrons. The van der Waals surface area contributed by atoms with Crippen LogP contribution in [0.1, 0.15) is 23.7 Å². The first-order valence-electron chi connectivity index (χ1n) is 9.83. The van der Waals surface area contributed by atoms with Gasteiger partial charge in [0.2, 0.25) is 5.91 Å². The van der Waals surface area contributed by atoms with Gasteiger partial charge < -0.3 is 5.32 Å². The van der Waals surface area contributed by atoms with Crippen LogP contribution in [-0.4, -0.2) is 20.7 Å². The van der Waals surface area contributed by atoms with Crippen LogP contribution in [0, 0.1) is 13.8 Å². The van der Waals surface area contributed by atoms with Gasteiger partial charge in [-0.15, -0.1) is 0 Å². The van der Waals surface area contributed by atoms with E-state index in [0.29, 0.717) is 0 Å². The van der Waals surface area contributed by atoms with Crippen molar-refractivity contribution in [3.05, 3.63) is 77.6 Å². The molecular formula is C24H24N4O. The van der Waals surface area contributed by atoms with Crippen molar-refractivity contribution in [2.75, 3.05) is 5.32 Å². The number of aromatic nitrogens is 3. The molecule has 0 saturated carbocycles. The van der Waals surface area contributed by atoms with Gasteiger partial charge in [-0.2, -0.15) is 5.10 Å². The van der Waals surface area contributed by atoms with E-state index in [9.17, 15) is 4.79 Å². The minimum Gasteiger partial charge on any atom is -0.324 e. The summed E-state index contributed by atoms with van der Waals surface area (Å²) in [4.78, 5) is 17.2. The highest BCUT2D eigenvalue weighted by molar-refractivity contribution is 5.96. The lowest BCUT2D eigenvalue weighted by Gasteiger charge is -2.10. The van der Waals surface area contributed by atoms with Crippen molar-refractivity contribution in [1.82, 2.24) is 14.8 Å². The minimum atomic E-state index is -0.113. The van der Waals surface area contributed by atoms with Gasteiger partial charge in [0.1, 0.15) is 6.54 Å². The Balaban J connectivity index is 1.66. The fourth-order valence-corrected chi connectivity index (χ4v) is 3.64. The van der Waals surface area contributed by atoms with Gasteiger partial charge in [0, 0.05) is 17.3 Å². The number of para-hydroxylation sites is 1. The van der Waals surface area contributed by atoms with Crippen molar-refractivity contribution in [3.63, 3.8) is 0 Å². The van der Waals surface area contributed by atoms with Gasteiger partial charge in [0.05, 0.1) is 5.69 Å². The van der Waals surface area contributed by atoms with Gasteiger partial charge in [-0.05, 0) is 49.1 Å². The van der Waals surface area contributed by atoms with Gasteiger partial charge in [-0.25, -0.2) is 9.67 Å². The van der Waals surface area contributed by atoms with Crippen LogP contribution in [0.15, 0.2) is 60.8 Å². The molecule has 0 unspecified atom stereocenters. The van der Waals surface area contributed by atoms with E-state index >= 15 is 0 Å². The van der Waals surface area contributed by atoms with E-state index in [0.717, 1.165) is 45.5 Å². The van der Waals surface area contributed by atoms with Crippen molar-refractivity contribution in [3.8, 4) is 11.1 Å². The maximum absolute atomic E-state index is 12.7. The van der Waals surface area contributed by atoms with Crippen LogP contribution >= 0.6 is 0 Å². The Labute approximate surface area is 170 Å². The second kappa shape index (κ2) is 7.87. The molecule has 146 valence electrons. The Morgan fingerprint density at radius 2 is 1.79 bits per heavy atom. The average Bonchev–Trinajstić information content (AvgIpc) is 3.04. The van der Waals surface area contributed by atoms with E-state index in [1.54, 1.807) is 10.9 Å². The van der Waals surface area contributed by atoms with E-state index in [4.69, 9.17) is 0 Å². The predicted octanol–water partition coefficient (Wildman–Crippen LogP) is 4.92. The summed E-state index contributed by atoms with van der Waals surface area (Å²) >= 11 is 0. The number of fused-ring (bicyclic) bond motifs is 1. The van der Waals surface area contributed by atoms with Crippen molar-refractivity contribution in [1.29, 1.82) is 0 Å². The number of amides is 1. The molecule has 0 aliphatic carbocycles. The number of anilines is 1. The number of nitrogens with one attached hydrogen (secondary N) is 1. The zero-order valence-corrected chi connectivity index (χ0v) is 16.9. The lowest BCUT2D eigenvalue weighted by atomic mass is 10.0. The third kappa shape index (κ3) is 3.76. The molecule has 0 bridgehead atoms. The summed E-state index contributed by atoms with van der Waals surface area (Å²) in [5, 5.41) is 8.60. The third-order valence-electron chi connectivity index (χ3n) is 5.14. The average molecular weight is 384 g/mol. The van der Waals surface area contributed by atoms with Gasteiger partial charge >= 0.3 is 0 Å². The maximum Gasteiger partial charge on any atom is 0.246 e. The highest BCUT2D eigenvalue weighted by Gasteiger charge is 2.16. The Bertz CT molecular complexity index is 1180. The molecule has 1 N–H and O–H groups in total. The highest BCUT2D eigenvalue weighted by Crippen LogP contribution is 2.30. The van der Waals surface area contributed by atoms with Gasteiger partial charge in [0.25, 0.3) is 0 Å². The first-order valence-corrected chi connectivity index (χ1v) is 9.83. The van der Waals surface area contributed by atoms with Gasteiger partial charge in [-0.3, -0.25) is 4.79 Å². The van der Waals surface area contributed by atoms with Crippen LogP contribution in [0.2, 0.25) is 0 Å². The number of nitrogens with zero attached hydrogens (tertiary/aromatic N) is 3. The zero-order chi connectivity index (χ0) is 20.4. The molecule has 29 heavy (non-hydrogen) atoms. The number of carbonyl (C=O) groups excluding carboxylic acids is 1. The molecule has 0 saturated heterocycles. The molecule has 0 aliphatic heterocycles. The smallest absolute Gasteiger partial charge is 0.246 e. The van der Waals surface area contributed by atoms with E-state index in [1.165, 1.54) is 5.56 Å². The number of rotatable bonds is 5. The molecule has 5 nitrogen and oxygen atoms in total. The van der Waals surface area contributed by atoms with Crippen molar-refractivity contribution < 1.29 is 4.79 Å². The number of pyridine rings is 1. The minimum absolute atomic E-state index is 0.113. The van der Waals surface area contributed by atoms with Crippen LogP contribution in [0.5, 0.6) is 0 Å². The lowest BCUT2D eigenvalue weighted by molar-refractivity contribution is -0.116. The van der Waals surface area contributed by atoms with Crippen LogP contribution in [0.25, 0.3) is 22.2 Å². The molecule has 2 aromatic heterocycles. The summed E-state index contributed by atoms with van der Waals surface area (Å²) in [6, 6.07) is 18.3. The number of carbonyl (C=O) groups is 1. The summed E-state index contributed by atoms with van der Waals surface area (Å²) in [6.07, 6.45) is 2.64. The Hall–Kier alpha value is -3.47. The number of aryl methyl sites for hydroxylation is 3. The van der Waals surface area contributed by atoms with Crippen LogP contribution < -0.4 is 5.32 Å². The highest BCUT2D eigenvalue weighted by atomic mass is 16.2. The molecular weight excluding hydrogens is 360 g/mol. The van der Waals surface area contributed by atoms with Crippen molar-refractivity contribution >= 4 is 22.6 Å². The number of hydrogen-bond acceptors (Lipinski definition) is 3. The zero-order valence-electron chi connectivity index (χ0n) is 16.9. The Morgan fingerprint density at radius 3 is 2.55 bits per heavy atom. The SMILES string of the molecule is CCc1ccccc1NC(=O)Cn1nc(C)c2c(-c3ccc(C)cc3)ccnc21. The summed E-state index contributed by atoms with van der Waals surface area (Å²) < 4.78 is 1.69. The molecule has 0 aliphatic rings. The lowest BCUT2D eigenvalue weighted by Crippen LogP contribution is -2.20. The van der Waals surface area contributed by atoms with Crippen LogP contribution in [-0.2, 0) is 17.8 Å². The summed E-state index contributed by atoms with van der Waals surface area (Å²) in [5.41, 5.74) is 6.96. The second-order valence-electron chi connectivity index (χ2n) is 7.23. The summed E-state index contributed by atoms with van der Waals surface area (Å²) in [6.45, 7) is 6.23. The first kappa shape index (κ1) is 18.9. The molecule has 4 aromatic rings. The fraction of sp³-hybridized carbons (Fsp3) is 0.208. The van der Waals surface area contributed by atoms with E-state index in [2.05, 4.69) is 53.5 Å². The molecule has 1 amide bonds. The van der Waals surface area contributed by atoms with E-state index in [-0.39, 0.29) is 12.5 Å². The van der Waals surface area contributed by atoms with E-state index < -0.39 is 0 Å². The quantitative estimate of drug-likeness (QED) is 0.531. The molecule has 4 rings (SSSR count). The van der Waals surface area contributed by atoms with Crippen molar-refractivity contribution in [2.45, 2.75) is 33.7 Å². The normalized spacial score (nSPS) is 11.0. The largest absolute Gasteiger partial charge is 0.324 e. The first-order chi connectivity index (χ1) is 14.1. The second-order valence-corrected chi connectivity index (χ2v) is 7.23. The fourth-order valence-electron chi connectivity index (χ4n) is 3.64. The predicted molar refractivity (Wildman–Crippen MR) is 117 cm³/mol. The topological polar surface area (TPSA) is 59.8 Å². The molecule has 0 spiro atoms. The van der Waals surface area contributed by atoms with Crippen molar-refractivity contribution in [2.24, 2.45) is 0 Å². The summed E-state index contributed by atoms with van der Waals surface area (Å²) in [7, 11) is 0.